The van der Waals surface area contributed by atoms with Gasteiger partial charge in [0, 0.05) is 37.2 Å². The second-order valence-electron chi connectivity index (χ2n) is 24.3. The molecule has 9 rings (SSSR count). The number of anilines is 3. The first-order chi connectivity index (χ1) is 38.3. The Morgan fingerprint density at radius 1 is 0.519 bits per heavy atom. The van der Waals surface area contributed by atoms with E-state index >= 15 is 0 Å². The molecule has 6 aromatic rings. The molecule has 440 valence electrons. The minimum atomic E-state index is -0.771. The zero-order valence-corrected chi connectivity index (χ0v) is 48.8. The number of primary amides is 1. The lowest BCUT2D eigenvalue weighted by Crippen LogP contribution is -2.27. The second kappa shape index (κ2) is 27.2. The number of rotatable bonds is 18. The summed E-state index contributed by atoms with van der Waals surface area (Å²) in [6.07, 6.45) is 24.3. The normalized spacial score (nSPS) is 15.8. The summed E-state index contributed by atoms with van der Waals surface area (Å²) in [5.41, 5.74) is 10.5. The number of nitrogens with zero attached hydrogens (tertiary/aromatic N) is 6. The SMILES string of the molecule is CC(C)(O)CCc1cc2cc(NC(=O)C3CCCCC3)c(C(N)=O)cn2n1.CNC(=O)c1cn2nc(CCC(C)(C)O)cc2cc1NC(=O)C1CCCCC1.COc1cn2nc(CCC(C)(C)O)cc2cc1NC(=O)C1CCCCC1. The Hall–Kier alpha value is -6.90. The standard InChI is InChI=1S/C21H30N4O3.C20H28N4O3.C20H29N3O3/c1-21(2,28)10-9-15-11-16-12-18(17(20(27)22-3)13-25(16)24-15)23-19(26)14-7-5-4-6-8-14;1-20(2,27)9-8-14-10-15-11-17(16(18(21)25)12-24(15)23-14)22-19(26)13-6-4-3-5-7-13;1-20(2,25)10-9-15-11-16-12-17(18(26-3)13-23(16)22-15)21-19(24)14-7-5-4-6-8-14/h11-14,28H,4-10H2,1-3H3,(H,22,27)(H,23,26);10-13,27H,3-9H2,1-2H3,(H2,21,25)(H,22,26);11-14,25H,4-10H2,1-3H3,(H,21,24). The van der Waals surface area contributed by atoms with Crippen LogP contribution >= 0.6 is 0 Å². The fourth-order valence-electron chi connectivity index (χ4n) is 10.7. The zero-order chi connectivity index (χ0) is 58.6. The molecule has 20 nitrogen and oxygen atoms in total. The van der Waals surface area contributed by atoms with Crippen LogP contribution in [0.25, 0.3) is 16.6 Å². The summed E-state index contributed by atoms with van der Waals surface area (Å²) in [5.74, 6) is -0.180. The summed E-state index contributed by atoms with van der Waals surface area (Å²) in [4.78, 5) is 62.1. The number of ether oxygens (including phenoxy) is 1. The molecule has 3 aliphatic rings. The number of aryl methyl sites for hydroxylation is 3. The van der Waals surface area contributed by atoms with E-state index in [4.69, 9.17) is 10.5 Å². The number of fused-ring (bicyclic) bond motifs is 3. The quantitative estimate of drug-likeness (QED) is 0.0400. The lowest BCUT2D eigenvalue weighted by Gasteiger charge is -2.21. The number of nitrogens with one attached hydrogen (secondary N) is 4. The fraction of sp³-hybridized carbons (Fsp3) is 0.574. The summed E-state index contributed by atoms with van der Waals surface area (Å²) >= 11 is 0. The number of aliphatic hydroxyl groups is 3. The Balaban J connectivity index is 0.000000175. The van der Waals surface area contributed by atoms with Gasteiger partial charge in [-0.25, -0.2) is 13.5 Å². The van der Waals surface area contributed by atoms with Crippen LogP contribution in [0.3, 0.4) is 0 Å². The van der Waals surface area contributed by atoms with Crippen LogP contribution in [0.1, 0.15) is 195 Å². The van der Waals surface area contributed by atoms with Gasteiger partial charge >= 0.3 is 0 Å². The molecule has 6 heterocycles. The maximum atomic E-state index is 12.7. The van der Waals surface area contributed by atoms with E-state index in [0.29, 0.717) is 66.9 Å². The lowest BCUT2D eigenvalue weighted by molar-refractivity contribution is -0.121. The first kappa shape index (κ1) is 61.7. The van der Waals surface area contributed by atoms with E-state index in [9.17, 15) is 39.3 Å². The number of aromatic nitrogens is 6. The average molecular weight is 1120 g/mol. The van der Waals surface area contributed by atoms with Gasteiger partial charge in [0.1, 0.15) is 0 Å². The largest absolute Gasteiger partial charge is 0.493 e. The monoisotopic (exact) mass is 1120 g/mol. The van der Waals surface area contributed by atoms with Gasteiger partial charge in [0.15, 0.2) is 5.75 Å². The first-order valence-electron chi connectivity index (χ1n) is 29.1. The highest BCUT2D eigenvalue weighted by Gasteiger charge is 2.27. The number of amides is 5. The summed E-state index contributed by atoms with van der Waals surface area (Å²) in [7, 11) is 3.16. The van der Waals surface area contributed by atoms with Crippen LogP contribution in [0.4, 0.5) is 17.1 Å². The molecule has 6 aromatic heterocycles. The molecule has 5 amide bonds. The summed E-state index contributed by atoms with van der Waals surface area (Å²) < 4.78 is 10.5. The molecule has 81 heavy (non-hydrogen) atoms. The Bertz CT molecular complexity index is 3140. The molecular weight excluding hydrogens is 1030 g/mol. The molecule has 0 radical (unpaired) electrons. The number of carbonyl (C=O) groups is 5. The molecule has 20 heteroatoms. The van der Waals surface area contributed by atoms with E-state index < -0.39 is 22.7 Å². The van der Waals surface area contributed by atoms with Crippen molar-refractivity contribution in [3.63, 3.8) is 0 Å². The maximum Gasteiger partial charge on any atom is 0.254 e. The molecule has 0 saturated heterocycles. The summed E-state index contributed by atoms with van der Waals surface area (Å²) in [6, 6.07) is 11.2. The van der Waals surface area contributed by atoms with Crippen LogP contribution in [0.15, 0.2) is 55.0 Å². The topological polar surface area (TPSA) is 281 Å². The molecule has 0 aromatic carbocycles. The van der Waals surface area contributed by atoms with Crippen molar-refractivity contribution in [3.8, 4) is 5.75 Å². The van der Waals surface area contributed by atoms with Crippen LogP contribution in [0, 0.1) is 17.8 Å². The third-order valence-electron chi connectivity index (χ3n) is 15.5. The number of hydrogen-bond donors (Lipinski definition) is 8. The fourth-order valence-corrected chi connectivity index (χ4v) is 10.7. The van der Waals surface area contributed by atoms with Crippen molar-refractivity contribution in [2.24, 2.45) is 23.5 Å². The molecular formula is C61H87N11O9. The Morgan fingerprint density at radius 2 is 0.840 bits per heavy atom. The van der Waals surface area contributed by atoms with Crippen molar-refractivity contribution < 1.29 is 44.0 Å². The predicted molar refractivity (Wildman–Crippen MR) is 314 cm³/mol. The van der Waals surface area contributed by atoms with Gasteiger partial charge in [0.2, 0.25) is 17.7 Å². The second-order valence-corrected chi connectivity index (χ2v) is 24.3. The van der Waals surface area contributed by atoms with Crippen molar-refractivity contribution in [2.75, 3.05) is 30.1 Å². The van der Waals surface area contributed by atoms with Gasteiger partial charge in [-0.3, -0.25) is 24.0 Å². The highest BCUT2D eigenvalue weighted by molar-refractivity contribution is 6.05. The molecule has 3 saturated carbocycles. The van der Waals surface area contributed by atoms with Gasteiger partial charge in [-0.15, -0.1) is 0 Å². The van der Waals surface area contributed by atoms with E-state index in [2.05, 4.69) is 36.6 Å². The van der Waals surface area contributed by atoms with Crippen molar-refractivity contribution in [1.82, 2.24) is 34.2 Å². The number of carbonyl (C=O) groups excluding carboxylic acids is 5. The first-order valence-corrected chi connectivity index (χ1v) is 29.1. The smallest absolute Gasteiger partial charge is 0.254 e. The zero-order valence-electron chi connectivity index (χ0n) is 48.8. The van der Waals surface area contributed by atoms with Gasteiger partial charge < -0.3 is 47.1 Å². The van der Waals surface area contributed by atoms with Crippen molar-refractivity contribution in [2.45, 2.75) is 193 Å². The minimum Gasteiger partial charge on any atom is -0.493 e. The molecule has 0 aliphatic heterocycles. The number of methoxy groups -OCH3 is 1. The number of nitrogens with two attached hydrogens (primary N) is 1. The Labute approximate surface area is 475 Å². The van der Waals surface area contributed by atoms with Crippen LogP contribution in [0.5, 0.6) is 5.75 Å². The summed E-state index contributed by atoms with van der Waals surface area (Å²) in [6.45, 7) is 10.6. The highest BCUT2D eigenvalue weighted by atomic mass is 16.5. The van der Waals surface area contributed by atoms with Crippen LogP contribution in [-0.4, -0.2) is 105 Å². The maximum absolute atomic E-state index is 12.7. The van der Waals surface area contributed by atoms with Gasteiger partial charge in [-0.2, -0.15) is 15.3 Å². The lowest BCUT2D eigenvalue weighted by atomic mass is 9.88. The van der Waals surface area contributed by atoms with Crippen molar-refractivity contribution >= 4 is 63.1 Å². The molecule has 0 unspecified atom stereocenters. The van der Waals surface area contributed by atoms with E-state index in [1.165, 1.54) is 19.3 Å². The van der Waals surface area contributed by atoms with E-state index in [-0.39, 0.29) is 46.9 Å². The number of pyridine rings is 3. The minimum absolute atomic E-state index is 0.00905. The van der Waals surface area contributed by atoms with Crippen LogP contribution in [0.2, 0.25) is 0 Å². The third-order valence-corrected chi connectivity index (χ3v) is 15.5. The van der Waals surface area contributed by atoms with E-state index in [1.807, 2.05) is 24.3 Å². The van der Waals surface area contributed by atoms with Gasteiger partial charge in [0.25, 0.3) is 11.8 Å². The van der Waals surface area contributed by atoms with E-state index in [1.54, 1.807) is 100.0 Å². The third kappa shape index (κ3) is 18.0. The average Bonchev–Trinajstić information content (AvgIpc) is 4.18. The van der Waals surface area contributed by atoms with Gasteiger partial charge in [-0.1, -0.05) is 57.8 Å². The molecule has 3 aliphatic carbocycles. The molecule has 0 spiro atoms. The Kier molecular flexibility index (Phi) is 20.8. The molecule has 0 bridgehead atoms. The van der Waals surface area contributed by atoms with Crippen molar-refractivity contribution in [1.29, 1.82) is 0 Å². The molecule has 0 atom stereocenters. The van der Waals surface area contributed by atoms with Crippen LogP contribution < -0.4 is 31.7 Å². The predicted octanol–water partition coefficient (Wildman–Crippen LogP) is 9.14. The van der Waals surface area contributed by atoms with Gasteiger partial charge in [0.05, 0.1) is 91.9 Å². The summed E-state index contributed by atoms with van der Waals surface area (Å²) in [5, 5.41) is 54.8. The van der Waals surface area contributed by atoms with Crippen LogP contribution in [-0.2, 0) is 33.6 Å². The Morgan fingerprint density at radius 3 is 1.17 bits per heavy atom. The van der Waals surface area contributed by atoms with Gasteiger partial charge in [-0.05, 0) is 155 Å². The van der Waals surface area contributed by atoms with E-state index in [0.717, 1.165) is 111 Å². The number of hydrogen-bond acceptors (Lipinski definition) is 12. The molecule has 9 N–H and O–H groups in total. The highest BCUT2D eigenvalue weighted by Crippen LogP contribution is 2.32. The van der Waals surface area contributed by atoms with Crippen molar-refractivity contribution in [3.05, 3.63) is 83.2 Å². The molecule has 3 fully saturated rings.